The van der Waals surface area contributed by atoms with Crippen LogP contribution in [0.15, 0.2) is 18.2 Å². The summed E-state index contributed by atoms with van der Waals surface area (Å²) in [4.78, 5) is 2.61. The zero-order valence-electron chi connectivity index (χ0n) is 11.4. The zero-order chi connectivity index (χ0) is 13.8. The van der Waals surface area contributed by atoms with Crippen LogP contribution < -0.4 is 5.73 Å². The van der Waals surface area contributed by atoms with Crippen LogP contribution in [-0.2, 0) is 6.54 Å². The van der Waals surface area contributed by atoms with Gasteiger partial charge >= 0.3 is 0 Å². The van der Waals surface area contributed by atoms with Crippen LogP contribution >= 0.6 is 12.2 Å². The van der Waals surface area contributed by atoms with Gasteiger partial charge in [0.25, 0.3) is 0 Å². The Morgan fingerprint density at radius 3 is 2.63 bits per heavy atom. The second kappa shape index (κ2) is 6.44. The van der Waals surface area contributed by atoms with Crippen LogP contribution in [0.1, 0.15) is 43.7 Å². The molecule has 0 aromatic heterocycles. The van der Waals surface area contributed by atoms with E-state index in [1.54, 1.807) is 6.07 Å². The summed E-state index contributed by atoms with van der Waals surface area (Å²) in [7, 11) is 0. The van der Waals surface area contributed by atoms with E-state index >= 15 is 0 Å². The van der Waals surface area contributed by atoms with Crippen LogP contribution in [0.3, 0.4) is 0 Å². The van der Waals surface area contributed by atoms with Gasteiger partial charge in [-0.1, -0.05) is 44.1 Å². The highest BCUT2D eigenvalue weighted by atomic mass is 32.1. The third-order valence-corrected chi connectivity index (χ3v) is 4.19. The summed E-state index contributed by atoms with van der Waals surface area (Å²) < 4.78 is 14.1. The summed E-state index contributed by atoms with van der Waals surface area (Å²) in [6.45, 7) is 3.77. The molecule has 0 unspecified atom stereocenters. The van der Waals surface area contributed by atoms with Gasteiger partial charge in [-0.15, -0.1) is 0 Å². The van der Waals surface area contributed by atoms with Gasteiger partial charge in [-0.2, -0.15) is 0 Å². The summed E-state index contributed by atoms with van der Waals surface area (Å²) in [5.41, 5.74) is 6.84. The van der Waals surface area contributed by atoms with Crippen molar-refractivity contribution < 1.29 is 4.39 Å². The molecule has 1 aliphatic carbocycles. The van der Waals surface area contributed by atoms with E-state index < -0.39 is 0 Å². The van der Waals surface area contributed by atoms with E-state index in [-0.39, 0.29) is 10.8 Å². The van der Waals surface area contributed by atoms with E-state index in [1.807, 2.05) is 6.07 Å². The first-order chi connectivity index (χ1) is 9.11. The van der Waals surface area contributed by atoms with E-state index in [0.29, 0.717) is 18.2 Å². The lowest BCUT2D eigenvalue weighted by atomic mass is 10.1. The molecule has 0 saturated heterocycles. The van der Waals surface area contributed by atoms with Crippen molar-refractivity contribution in [2.75, 3.05) is 6.54 Å². The van der Waals surface area contributed by atoms with E-state index in [9.17, 15) is 4.39 Å². The Morgan fingerprint density at radius 2 is 2.11 bits per heavy atom. The molecule has 19 heavy (non-hydrogen) atoms. The smallest absolute Gasteiger partial charge is 0.128 e. The number of nitrogens with two attached hydrogens (primary N) is 1. The fourth-order valence-electron chi connectivity index (χ4n) is 2.82. The zero-order valence-corrected chi connectivity index (χ0v) is 12.2. The van der Waals surface area contributed by atoms with Crippen molar-refractivity contribution in [3.63, 3.8) is 0 Å². The number of nitrogens with zero attached hydrogens (tertiary/aromatic N) is 1. The van der Waals surface area contributed by atoms with Crippen molar-refractivity contribution >= 4 is 17.2 Å². The van der Waals surface area contributed by atoms with Gasteiger partial charge in [0, 0.05) is 23.7 Å². The first kappa shape index (κ1) is 14.4. The van der Waals surface area contributed by atoms with E-state index in [0.717, 1.165) is 12.1 Å². The lowest BCUT2D eigenvalue weighted by Gasteiger charge is -2.27. The molecule has 0 heterocycles. The molecule has 0 radical (unpaired) electrons. The molecule has 104 valence electrons. The molecule has 4 heteroatoms. The SMILES string of the molecule is CCN(Cc1ccc(C(N)=S)cc1F)C1CCCC1. The molecule has 0 atom stereocenters. The molecule has 0 spiro atoms. The second-order valence-corrected chi connectivity index (χ2v) is 5.61. The first-order valence-electron chi connectivity index (χ1n) is 6.94. The predicted molar refractivity (Wildman–Crippen MR) is 80.6 cm³/mol. The Hall–Kier alpha value is -1.00. The molecule has 1 aliphatic rings. The summed E-state index contributed by atoms with van der Waals surface area (Å²) in [6.07, 6.45) is 5.06. The van der Waals surface area contributed by atoms with Gasteiger partial charge in [-0.05, 0) is 25.5 Å². The van der Waals surface area contributed by atoms with Crippen molar-refractivity contribution in [2.45, 2.75) is 45.2 Å². The third-order valence-electron chi connectivity index (χ3n) is 3.96. The Balaban J connectivity index is 2.10. The molecular formula is C15H21FN2S. The van der Waals surface area contributed by atoms with Crippen LogP contribution in [-0.4, -0.2) is 22.5 Å². The Labute approximate surface area is 119 Å². The topological polar surface area (TPSA) is 29.3 Å². The Bertz CT molecular complexity index is 455. The molecule has 1 saturated carbocycles. The van der Waals surface area contributed by atoms with Gasteiger partial charge in [-0.25, -0.2) is 4.39 Å². The second-order valence-electron chi connectivity index (χ2n) is 5.17. The number of hydrogen-bond acceptors (Lipinski definition) is 2. The molecule has 1 aromatic rings. The maximum absolute atomic E-state index is 14.1. The number of rotatable bonds is 5. The molecule has 0 amide bonds. The van der Waals surface area contributed by atoms with Gasteiger partial charge < -0.3 is 5.73 Å². The van der Waals surface area contributed by atoms with Gasteiger partial charge in [-0.3, -0.25) is 4.90 Å². The number of thiocarbonyl (C=S) groups is 1. The minimum Gasteiger partial charge on any atom is -0.389 e. The summed E-state index contributed by atoms with van der Waals surface area (Å²) in [5.74, 6) is -0.207. The average Bonchev–Trinajstić information content (AvgIpc) is 2.91. The fourth-order valence-corrected chi connectivity index (χ4v) is 2.94. The quantitative estimate of drug-likeness (QED) is 0.840. The minimum absolute atomic E-state index is 0.207. The van der Waals surface area contributed by atoms with Crippen molar-refractivity contribution in [1.29, 1.82) is 0 Å². The molecule has 2 N–H and O–H groups in total. The number of hydrogen-bond donors (Lipinski definition) is 1. The summed E-state index contributed by atoms with van der Waals surface area (Å²) in [6, 6.07) is 5.67. The highest BCUT2D eigenvalue weighted by molar-refractivity contribution is 7.80. The summed E-state index contributed by atoms with van der Waals surface area (Å²) >= 11 is 4.86. The first-order valence-corrected chi connectivity index (χ1v) is 7.35. The van der Waals surface area contributed by atoms with Crippen molar-refractivity contribution in [3.05, 3.63) is 35.1 Å². The van der Waals surface area contributed by atoms with Gasteiger partial charge in [0.2, 0.25) is 0 Å². The number of benzene rings is 1. The lowest BCUT2D eigenvalue weighted by molar-refractivity contribution is 0.198. The monoisotopic (exact) mass is 280 g/mol. The standard InChI is InChI=1S/C15H21FN2S/c1-2-18(13-5-3-4-6-13)10-12-8-7-11(15(17)19)9-14(12)16/h7-9,13H,2-6,10H2,1H3,(H2,17,19). The largest absolute Gasteiger partial charge is 0.389 e. The van der Waals surface area contributed by atoms with Crippen LogP contribution in [0.2, 0.25) is 0 Å². The minimum atomic E-state index is -0.207. The highest BCUT2D eigenvalue weighted by Gasteiger charge is 2.22. The Morgan fingerprint density at radius 1 is 1.42 bits per heavy atom. The molecule has 0 aliphatic heterocycles. The van der Waals surface area contributed by atoms with Crippen LogP contribution in [0.25, 0.3) is 0 Å². The van der Waals surface area contributed by atoms with E-state index in [1.165, 1.54) is 31.7 Å². The van der Waals surface area contributed by atoms with Gasteiger partial charge in [0.05, 0.1) is 0 Å². The van der Waals surface area contributed by atoms with Crippen molar-refractivity contribution in [1.82, 2.24) is 4.90 Å². The number of halogens is 1. The third kappa shape index (κ3) is 3.51. The molecule has 1 aromatic carbocycles. The van der Waals surface area contributed by atoms with E-state index in [2.05, 4.69) is 11.8 Å². The Kier molecular flexibility index (Phi) is 4.88. The van der Waals surface area contributed by atoms with E-state index in [4.69, 9.17) is 18.0 Å². The van der Waals surface area contributed by atoms with Crippen molar-refractivity contribution in [3.8, 4) is 0 Å². The van der Waals surface area contributed by atoms with Crippen LogP contribution in [0.4, 0.5) is 4.39 Å². The molecule has 2 nitrogen and oxygen atoms in total. The maximum atomic E-state index is 14.1. The normalized spacial score (nSPS) is 16.2. The maximum Gasteiger partial charge on any atom is 0.128 e. The molecule has 1 fully saturated rings. The average molecular weight is 280 g/mol. The van der Waals surface area contributed by atoms with Gasteiger partial charge in [0.15, 0.2) is 0 Å². The predicted octanol–water partition coefficient (Wildman–Crippen LogP) is 3.22. The highest BCUT2D eigenvalue weighted by Crippen LogP contribution is 2.25. The van der Waals surface area contributed by atoms with Crippen molar-refractivity contribution in [2.24, 2.45) is 5.73 Å². The van der Waals surface area contributed by atoms with Crippen LogP contribution in [0, 0.1) is 5.82 Å². The lowest BCUT2D eigenvalue weighted by Crippen LogP contribution is -2.32. The molecule has 2 rings (SSSR count). The van der Waals surface area contributed by atoms with Crippen LogP contribution in [0.5, 0.6) is 0 Å². The summed E-state index contributed by atoms with van der Waals surface area (Å²) in [5, 5.41) is 0. The fraction of sp³-hybridized carbons (Fsp3) is 0.533. The molecule has 0 bridgehead atoms. The van der Waals surface area contributed by atoms with Gasteiger partial charge in [0.1, 0.15) is 10.8 Å². The molecular weight excluding hydrogens is 259 g/mol.